The molecule has 1 N–H and O–H groups in total. The second-order valence-electron chi connectivity index (χ2n) is 6.66. The predicted octanol–water partition coefficient (Wildman–Crippen LogP) is 3.52. The lowest BCUT2D eigenvalue weighted by Crippen LogP contribution is -2.47. The molecule has 2 heterocycles. The Hall–Kier alpha value is -1.09. The minimum absolute atomic E-state index is 0.745. The zero-order valence-electron chi connectivity index (χ0n) is 13.6. The van der Waals surface area contributed by atoms with Crippen molar-refractivity contribution in [3.63, 3.8) is 0 Å². The molecule has 0 bridgehead atoms. The Morgan fingerprint density at radius 1 is 1.19 bits per heavy atom. The van der Waals surface area contributed by atoms with Crippen LogP contribution >= 0.6 is 0 Å². The van der Waals surface area contributed by atoms with Crippen LogP contribution in [0.4, 0.5) is 5.82 Å². The predicted molar refractivity (Wildman–Crippen MR) is 88.7 cm³/mol. The van der Waals surface area contributed by atoms with Crippen molar-refractivity contribution in [2.24, 2.45) is 5.92 Å². The van der Waals surface area contributed by atoms with Gasteiger partial charge in [0.25, 0.3) is 0 Å². The van der Waals surface area contributed by atoms with E-state index in [0.29, 0.717) is 0 Å². The van der Waals surface area contributed by atoms with Crippen molar-refractivity contribution < 1.29 is 0 Å². The Bertz CT molecular complexity index is 470. The first-order chi connectivity index (χ1) is 10.3. The normalized spacial score (nSPS) is 25.7. The monoisotopic (exact) mass is 287 g/mol. The van der Waals surface area contributed by atoms with Crippen LogP contribution in [0.1, 0.15) is 56.7 Å². The van der Waals surface area contributed by atoms with Gasteiger partial charge in [0, 0.05) is 24.8 Å². The Labute approximate surface area is 129 Å². The van der Waals surface area contributed by atoms with Crippen LogP contribution in [0.15, 0.2) is 12.1 Å². The van der Waals surface area contributed by atoms with E-state index in [1.54, 1.807) is 0 Å². The van der Waals surface area contributed by atoms with Crippen LogP contribution in [0.5, 0.6) is 0 Å². The lowest BCUT2D eigenvalue weighted by molar-refractivity contribution is 0.242. The van der Waals surface area contributed by atoms with Gasteiger partial charge in [-0.2, -0.15) is 0 Å². The fourth-order valence-corrected chi connectivity index (χ4v) is 4.18. The van der Waals surface area contributed by atoms with Crippen molar-refractivity contribution in [1.82, 2.24) is 10.3 Å². The van der Waals surface area contributed by atoms with Gasteiger partial charge in [0.15, 0.2) is 0 Å². The second-order valence-corrected chi connectivity index (χ2v) is 6.66. The number of piperidine rings is 1. The van der Waals surface area contributed by atoms with Gasteiger partial charge in [-0.3, -0.25) is 0 Å². The number of rotatable bonds is 4. The number of aryl methyl sites for hydroxylation is 1. The number of aromatic nitrogens is 1. The van der Waals surface area contributed by atoms with Gasteiger partial charge in [-0.25, -0.2) is 4.98 Å². The molecule has 21 heavy (non-hydrogen) atoms. The van der Waals surface area contributed by atoms with E-state index in [0.717, 1.165) is 24.9 Å². The number of nitrogens with zero attached hydrogens (tertiary/aromatic N) is 2. The highest BCUT2D eigenvalue weighted by Crippen LogP contribution is 2.37. The van der Waals surface area contributed by atoms with Gasteiger partial charge in [0.2, 0.25) is 0 Å². The summed E-state index contributed by atoms with van der Waals surface area (Å²) in [6.45, 7) is 4.33. The van der Waals surface area contributed by atoms with Crippen molar-refractivity contribution in [3.05, 3.63) is 23.4 Å². The fraction of sp³-hybridized carbons (Fsp3) is 0.722. The summed E-state index contributed by atoms with van der Waals surface area (Å²) in [6.07, 6.45) is 9.41. The third-order valence-electron chi connectivity index (χ3n) is 5.21. The van der Waals surface area contributed by atoms with Gasteiger partial charge in [-0.05, 0) is 62.8 Å². The Kier molecular flexibility index (Phi) is 4.79. The first-order valence-electron chi connectivity index (χ1n) is 8.73. The molecule has 1 aromatic rings. The first-order valence-corrected chi connectivity index (χ1v) is 8.73. The van der Waals surface area contributed by atoms with Crippen LogP contribution in [0.3, 0.4) is 0 Å². The summed E-state index contributed by atoms with van der Waals surface area (Å²) >= 11 is 0. The molecule has 3 heteroatoms. The van der Waals surface area contributed by atoms with Crippen LogP contribution in [0.25, 0.3) is 0 Å². The van der Waals surface area contributed by atoms with E-state index < -0.39 is 0 Å². The largest absolute Gasteiger partial charge is 0.353 e. The molecule has 1 saturated carbocycles. The maximum absolute atomic E-state index is 4.95. The molecule has 1 aromatic heterocycles. The highest BCUT2D eigenvalue weighted by atomic mass is 15.2. The van der Waals surface area contributed by atoms with Gasteiger partial charge in [-0.15, -0.1) is 0 Å². The molecule has 116 valence electrons. The summed E-state index contributed by atoms with van der Waals surface area (Å²) in [5.74, 6) is 2.14. The SMILES string of the molecule is CCc1cc(CNC)cc(N2CCCC3CCCCC32)n1. The number of pyridine rings is 1. The van der Waals surface area contributed by atoms with E-state index in [9.17, 15) is 0 Å². The van der Waals surface area contributed by atoms with E-state index in [1.165, 1.54) is 62.1 Å². The van der Waals surface area contributed by atoms with Crippen molar-refractivity contribution in [1.29, 1.82) is 0 Å². The summed E-state index contributed by atoms with van der Waals surface area (Å²) < 4.78 is 0. The number of anilines is 1. The highest BCUT2D eigenvalue weighted by Gasteiger charge is 2.33. The number of hydrogen-bond donors (Lipinski definition) is 1. The Morgan fingerprint density at radius 2 is 2.00 bits per heavy atom. The molecule has 3 rings (SSSR count). The molecule has 3 nitrogen and oxygen atoms in total. The van der Waals surface area contributed by atoms with E-state index >= 15 is 0 Å². The number of hydrogen-bond acceptors (Lipinski definition) is 3. The van der Waals surface area contributed by atoms with Gasteiger partial charge < -0.3 is 10.2 Å². The fourth-order valence-electron chi connectivity index (χ4n) is 4.18. The van der Waals surface area contributed by atoms with Crippen LogP contribution in [0.2, 0.25) is 0 Å². The summed E-state index contributed by atoms with van der Waals surface area (Å²) in [7, 11) is 2.02. The van der Waals surface area contributed by atoms with E-state index in [-0.39, 0.29) is 0 Å². The van der Waals surface area contributed by atoms with E-state index in [2.05, 4.69) is 29.3 Å². The smallest absolute Gasteiger partial charge is 0.129 e. The molecule has 1 aliphatic carbocycles. The molecular weight excluding hydrogens is 258 g/mol. The quantitative estimate of drug-likeness (QED) is 0.918. The second kappa shape index (κ2) is 6.78. The highest BCUT2D eigenvalue weighted by molar-refractivity contribution is 5.45. The third-order valence-corrected chi connectivity index (χ3v) is 5.21. The Morgan fingerprint density at radius 3 is 2.81 bits per heavy atom. The van der Waals surface area contributed by atoms with Crippen molar-refractivity contribution in [2.75, 3.05) is 18.5 Å². The zero-order chi connectivity index (χ0) is 14.7. The van der Waals surface area contributed by atoms with Crippen molar-refractivity contribution >= 4 is 5.82 Å². The zero-order valence-corrected chi connectivity index (χ0v) is 13.6. The molecule has 2 aliphatic rings. The van der Waals surface area contributed by atoms with Crippen LogP contribution in [-0.2, 0) is 13.0 Å². The van der Waals surface area contributed by atoms with Gasteiger partial charge in [0.05, 0.1) is 0 Å². The number of nitrogens with one attached hydrogen (secondary N) is 1. The maximum Gasteiger partial charge on any atom is 0.129 e. The first kappa shape index (κ1) is 14.8. The van der Waals surface area contributed by atoms with Crippen LogP contribution < -0.4 is 10.2 Å². The minimum Gasteiger partial charge on any atom is -0.353 e. The molecule has 0 radical (unpaired) electrons. The molecule has 2 unspecified atom stereocenters. The summed E-state index contributed by atoms with van der Waals surface area (Å²) in [6, 6.07) is 5.31. The minimum atomic E-state index is 0.745. The van der Waals surface area contributed by atoms with E-state index in [4.69, 9.17) is 4.98 Å². The average molecular weight is 287 g/mol. The molecular formula is C18H29N3. The molecule has 1 aliphatic heterocycles. The maximum atomic E-state index is 4.95. The van der Waals surface area contributed by atoms with Crippen molar-refractivity contribution in [3.8, 4) is 0 Å². The average Bonchev–Trinajstić information content (AvgIpc) is 2.54. The molecule has 2 fully saturated rings. The van der Waals surface area contributed by atoms with E-state index in [1.807, 2.05) is 7.05 Å². The van der Waals surface area contributed by atoms with Crippen molar-refractivity contribution in [2.45, 2.75) is 64.5 Å². The topological polar surface area (TPSA) is 28.2 Å². The summed E-state index contributed by atoms with van der Waals surface area (Å²) in [5.41, 5.74) is 2.60. The summed E-state index contributed by atoms with van der Waals surface area (Å²) in [5, 5.41) is 3.28. The summed E-state index contributed by atoms with van der Waals surface area (Å²) in [4.78, 5) is 7.58. The molecule has 0 amide bonds. The van der Waals surface area contributed by atoms with Gasteiger partial charge in [-0.1, -0.05) is 19.8 Å². The molecule has 0 aromatic carbocycles. The lowest BCUT2D eigenvalue weighted by Gasteiger charge is -2.45. The molecule has 0 spiro atoms. The molecule has 1 saturated heterocycles. The third kappa shape index (κ3) is 3.23. The lowest BCUT2D eigenvalue weighted by atomic mass is 9.78. The molecule has 2 atom stereocenters. The van der Waals surface area contributed by atoms with Crippen LogP contribution in [-0.4, -0.2) is 24.6 Å². The standard InChI is InChI=1S/C18H29N3/c1-3-16-11-14(13-19-2)12-18(20-16)21-10-6-8-15-7-4-5-9-17(15)21/h11-12,15,17,19H,3-10,13H2,1-2H3. The Balaban J connectivity index is 1.88. The number of fused-ring (bicyclic) bond motifs is 1. The van der Waals surface area contributed by atoms with Gasteiger partial charge in [0.1, 0.15) is 5.82 Å². The van der Waals surface area contributed by atoms with Gasteiger partial charge >= 0.3 is 0 Å². The van der Waals surface area contributed by atoms with Crippen LogP contribution in [0, 0.1) is 5.92 Å².